The van der Waals surface area contributed by atoms with Crippen molar-refractivity contribution in [3.8, 4) is 0 Å². The van der Waals surface area contributed by atoms with Crippen LogP contribution in [0.5, 0.6) is 0 Å². The number of nitrogens with two attached hydrogens (primary N) is 1. The molecule has 0 spiro atoms. The van der Waals surface area contributed by atoms with Gasteiger partial charge in [0.1, 0.15) is 11.1 Å². The van der Waals surface area contributed by atoms with E-state index in [1.54, 1.807) is 0 Å². The average Bonchev–Trinajstić information content (AvgIpc) is 2.76. The van der Waals surface area contributed by atoms with E-state index in [1.165, 1.54) is 0 Å². The number of amides is 1. The normalized spacial score (nSPS) is 41.6. The third-order valence-corrected chi connectivity index (χ3v) is 5.45. The van der Waals surface area contributed by atoms with Gasteiger partial charge in [-0.25, -0.2) is 0 Å². The Morgan fingerprint density at radius 3 is 2.67 bits per heavy atom. The highest BCUT2D eigenvalue weighted by Crippen LogP contribution is 2.49. The molecule has 4 N–H and O–H groups in total. The SMILES string of the molecule is CCOC1CC(N)(C(=O)NCC2(O)CCOC2C)C1(C)C. The van der Waals surface area contributed by atoms with Crippen LogP contribution < -0.4 is 11.1 Å². The summed E-state index contributed by atoms with van der Waals surface area (Å²) in [6.07, 6.45) is 0.744. The monoisotopic (exact) mass is 300 g/mol. The highest BCUT2D eigenvalue weighted by molar-refractivity contribution is 5.88. The van der Waals surface area contributed by atoms with Gasteiger partial charge in [0.15, 0.2) is 0 Å². The number of nitrogens with one attached hydrogen (secondary N) is 1. The Morgan fingerprint density at radius 1 is 1.52 bits per heavy atom. The molecule has 21 heavy (non-hydrogen) atoms. The summed E-state index contributed by atoms with van der Waals surface area (Å²) in [5.74, 6) is -0.226. The van der Waals surface area contributed by atoms with E-state index in [-0.39, 0.29) is 24.7 Å². The summed E-state index contributed by atoms with van der Waals surface area (Å²) in [6, 6.07) is 0. The third-order valence-electron chi connectivity index (χ3n) is 5.45. The number of hydrogen-bond acceptors (Lipinski definition) is 5. The second kappa shape index (κ2) is 5.50. The molecule has 1 aliphatic heterocycles. The van der Waals surface area contributed by atoms with E-state index in [0.29, 0.717) is 26.1 Å². The van der Waals surface area contributed by atoms with Gasteiger partial charge < -0.3 is 25.6 Å². The van der Waals surface area contributed by atoms with Crippen molar-refractivity contribution in [2.24, 2.45) is 11.1 Å². The van der Waals surface area contributed by atoms with Crippen molar-refractivity contribution in [1.29, 1.82) is 0 Å². The van der Waals surface area contributed by atoms with Crippen LogP contribution >= 0.6 is 0 Å². The Balaban J connectivity index is 1.95. The van der Waals surface area contributed by atoms with Crippen molar-refractivity contribution in [2.45, 2.75) is 63.9 Å². The van der Waals surface area contributed by atoms with E-state index < -0.39 is 16.6 Å². The van der Waals surface area contributed by atoms with E-state index >= 15 is 0 Å². The molecule has 1 saturated carbocycles. The number of carbonyl (C=O) groups is 1. The number of hydrogen-bond donors (Lipinski definition) is 3. The summed E-state index contributed by atoms with van der Waals surface area (Å²) in [5, 5.41) is 13.2. The van der Waals surface area contributed by atoms with Crippen LogP contribution in [0.15, 0.2) is 0 Å². The maximum Gasteiger partial charge on any atom is 0.240 e. The topological polar surface area (TPSA) is 93.8 Å². The molecule has 2 fully saturated rings. The van der Waals surface area contributed by atoms with Crippen LogP contribution in [0.3, 0.4) is 0 Å². The predicted octanol–water partition coefficient (Wildman–Crippen LogP) is 0.175. The van der Waals surface area contributed by atoms with Crippen LogP contribution in [0.25, 0.3) is 0 Å². The van der Waals surface area contributed by atoms with Crippen LogP contribution in [-0.2, 0) is 14.3 Å². The molecule has 4 atom stereocenters. The van der Waals surface area contributed by atoms with Crippen LogP contribution in [0.4, 0.5) is 0 Å². The summed E-state index contributed by atoms with van der Waals surface area (Å²) < 4.78 is 11.0. The van der Waals surface area contributed by atoms with Crippen LogP contribution in [0.1, 0.15) is 40.5 Å². The van der Waals surface area contributed by atoms with Crippen LogP contribution in [0, 0.1) is 5.41 Å². The maximum atomic E-state index is 12.5. The zero-order valence-corrected chi connectivity index (χ0v) is 13.4. The van der Waals surface area contributed by atoms with Gasteiger partial charge in [-0.15, -0.1) is 0 Å². The summed E-state index contributed by atoms with van der Waals surface area (Å²) in [5.41, 5.74) is 3.93. The van der Waals surface area contributed by atoms with Crippen molar-refractivity contribution in [2.75, 3.05) is 19.8 Å². The summed E-state index contributed by atoms with van der Waals surface area (Å²) in [4.78, 5) is 12.5. The predicted molar refractivity (Wildman–Crippen MR) is 78.7 cm³/mol. The van der Waals surface area contributed by atoms with Crippen molar-refractivity contribution < 1.29 is 19.4 Å². The molecule has 4 unspecified atom stereocenters. The van der Waals surface area contributed by atoms with Crippen molar-refractivity contribution in [3.63, 3.8) is 0 Å². The van der Waals surface area contributed by atoms with E-state index in [4.69, 9.17) is 15.2 Å². The molecule has 1 amide bonds. The fraction of sp³-hybridized carbons (Fsp3) is 0.933. The molecule has 6 nitrogen and oxygen atoms in total. The van der Waals surface area contributed by atoms with E-state index in [1.807, 2.05) is 27.7 Å². The molecule has 0 aromatic carbocycles. The Hall–Kier alpha value is -0.690. The van der Waals surface area contributed by atoms with Gasteiger partial charge in [0, 0.05) is 38.0 Å². The zero-order valence-electron chi connectivity index (χ0n) is 13.4. The molecule has 0 radical (unpaired) electrons. The van der Waals surface area contributed by atoms with Gasteiger partial charge >= 0.3 is 0 Å². The molecular weight excluding hydrogens is 272 g/mol. The second-order valence-electron chi connectivity index (χ2n) is 6.89. The molecular formula is C15H28N2O4. The number of rotatable bonds is 5. The van der Waals surface area contributed by atoms with E-state index in [0.717, 1.165) is 0 Å². The number of ether oxygens (including phenoxy) is 2. The minimum atomic E-state index is -1.00. The largest absolute Gasteiger partial charge is 0.385 e. The maximum absolute atomic E-state index is 12.5. The molecule has 0 aromatic rings. The second-order valence-corrected chi connectivity index (χ2v) is 6.89. The summed E-state index contributed by atoms with van der Waals surface area (Å²) >= 11 is 0. The quantitative estimate of drug-likeness (QED) is 0.673. The molecule has 2 rings (SSSR count). The van der Waals surface area contributed by atoms with Crippen LogP contribution in [-0.4, -0.2) is 54.1 Å². The molecule has 0 aromatic heterocycles. The van der Waals surface area contributed by atoms with Gasteiger partial charge in [0.05, 0.1) is 12.2 Å². The molecule has 1 saturated heterocycles. The summed E-state index contributed by atoms with van der Waals surface area (Å²) in [6.45, 7) is 8.94. The van der Waals surface area contributed by atoms with Crippen LogP contribution in [0.2, 0.25) is 0 Å². The van der Waals surface area contributed by atoms with E-state index in [2.05, 4.69) is 5.32 Å². The van der Waals surface area contributed by atoms with Gasteiger partial charge in [-0.05, 0) is 13.8 Å². The van der Waals surface area contributed by atoms with Gasteiger partial charge in [-0.2, -0.15) is 0 Å². The Bertz CT molecular complexity index is 414. The van der Waals surface area contributed by atoms with Gasteiger partial charge in [-0.1, -0.05) is 13.8 Å². The lowest BCUT2D eigenvalue weighted by atomic mass is 9.54. The summed E-state index contributed by atoms with van der Waals surface area (Å²) in [7, 11) is 0. The van der Waals surface area contributed by atoms with Gasteiger partial charge in [0.2, 0.25) is 5.91 Å². The van der Waals surface area contributed by atoms with Crippen molar-refractivity contribution in [1.82, 2.24) is 5.32 Å². The lowest BCUT2D eigenvalue weighted by Crippen LogP contribution is -2.76. The van der Waals surface area contributed by atoms with Crippen molar-refractivity contribution >= 4 is 5.91 Å². The van der Waals surface area contributed by atoms with Crippen molar-refractivity contribution in [3.05, 3.63) is 0 Å². The molecule has 0 bridgehead atoms. The first-order valence-electron chi connectivity index (χ1n) is 7.70. The fourth-order valence-corrected chi connectivity index (χ4v) is 3.21. The fourth-order valence-electron chi connectivity index (χ4n) is 3.21. The molecule has 1 aliphatic carbocycles. The standard InChI is InChI=1S/C15H28N2O4/c1-5-20-11-8-15(16,13(11,3)4)12(18)17-9-14(19)6-7-21-10(14)2/h10-11,19H,5-9,16H2,1-4H3,(H,17,18). The molecule has 2 aliphatic rings. The highest BCUT2D eigenvalue weighted by Gasteiger charge is 2.63. The first-order valence-corrected chi connectivity index (χ1v) is 7.70. The number of aliphatic hydroxyl groups is 1. The molecule has 122 valence electrons. The first-order chi connectivity index (χ1) is 9.67. The minimum Gasteiger partial charge on any atom is -0.385 e. The Morgan fingerprint density at radius 2 is 2.19 bits per heavy atom. The molecule has 6 heteroatoms. The average molecular weight is 300 g/mol. The number of carbonyl (C=O) groups excluding carboxylic acids is 1. The lowest BCUT2D eigenvalue weighted by Gasteiger charge is -2.57. The third kappa shape index (κ3) is 2.59. The highest BCUT2D eigenvalue weighted by atomic mass is 16.5. The first kappa shape index (κ1) is 16.7. The van der Waals surface area contributed by atoms with E-state index in [9.17, 15) is 9.90 Å². The minimum absolute atomic E-state index is 0.00456. The van der Waals surface area contributed by atoms with Gasteiger partial charge in [-0.3, -0.25) is 4.79 Å². The lowest BCUT2D eigenvalue weighted by molar-refractivity contribution is -0.171. The van der Waals surface area contributed by atoms with Gasteiger partial charge in [0.25, 0.3) is 0 Å². The molecule has 1 heterocycles. The Labute approximate surface area is 126 Å². The Kier molecular flexibility index (Phi) is 4.37. The smallest absolute Gasteiger partial charge is 0.240 e. The zero-order chi connectivity index (χ0) is 15.9.